The molecule has 202 valence electrons. The standard InChI is InChI=1S/C32H39BrN2O3/c1-22(2)19-34-32(37)29(17-25-11-7-6-8-12-25)35(20-26-13-9-10-24(5)16-26)31(36)21-38-30-15-14-27(23(3)4)18-28(30)33/h6-16,18,22-23,29H,17,19-21H2,1-5H3,(H,34,37)/t29-/m0/s1. The van der Waals surface area contributed by atoms with Crippen LogP contribution in [0.5, 0.6) is 5.75 Å². The van der Waals surface area contributed by atoms with Crippen LogP contribution in [-0.4, -0.2) is 35.9 Å². The van der Waals surface area contributed by atoms with Crippen LogP contribution in [-0.2, 0) is 22.6 Å². The molecule has 0 saturated carbocycles. The van der Waals surface area contributed by atoms with E-state index in [9.17, 15) is 9.59 Å². The summed E-state index contributed by atoms with van der Waals surface area (Å²) in [6.07, 6.45) is 0.412. The number of carbonyl (C=O) groups is 2. The van der Waals surface area contributed by atoms with E-state index in [1.165, 1.54) is 5.56 Å². The molecule has 0 aliphatic carbocycles. The van der Waals surface area contributed by atoms with E-state index < -0.39 is 6.04 Å². The first kappa shape index (κ1) is 29.4. The van der Waals surface area contributed by atoms with Gasteiger partial charge in [-0.25, -0.2) is 0 Å². The van der Waals surface area contributed by atoms with E-state index in [4.69, 9.17) is 4.74 Å². The van der Waals surface area contributed by atoms with Crippen LogP contribution in [0, 0.1) is 12.8 Å². The van der Waals surface area contributed by atoms with Crippen molar-refractivity contribution in [3.63, 3.8) is 0 Å². The molecule has 3 rings (SSSR count). The number of hydrogen-bond acceptors (Lipinski definition) is 3. The molecule has 1 N–H and O–H groups in total. The van der Waals surface area contributed by atoms with Crippen molar-refractivity contribution < 1.29 is 14.3 Å². The fourth-order valence-electron chi connectivity index (χ4n) is 4.20. The molecule has 3 aromatic carbocycles. The lowest BCUT2D eigenvalue weighted by Gasteiger charge is -2.32. The Morgan fingerprint density at radius 3 is 2.26 bits per heavy atom. The van der Waals surface area contributed by atoms with Gasteiger partial charge in [0.15, 0.2) is 6.61 Å². The number of rotatable bonds is 12. The van der Waals surface area contributed by atoms with Crippen LogP contribution in [0.2, 0.25) is 0 Å². The van der Waals surface area contributed by atoms with Gasteiger partial charge >= 0.3 is 0 Å². The number of carbonyl (C=O) groups excluding carboxylic acids is 2. The Balaban J connectivity index is 1.90. The van der Waals surface area contributed by atoms with Crippen LogP contribution in [0.3, 0.4) is 0 Å². The van der Waals surface area contributed by atoms with Crippen molar-refractivity contribution in [3.05, 3.63) is 99.5 Å². The maximum atomic E-state index is 13.8. The minimum atomic E-state index is -0.681. The third kappa shape index (κ3) is 8.73. The van der Waals surface area contributed by atoms with Crippen molar-refractivity contribution >= 4 is 27.7 Å². The Labute approximate surface area is 235 Å². The van der Waals surface area contributed by atoms with Gasteiger partial charge in [0.25, 0.3) is 5.91 Å². The number of hydrogen-bond donors (Lipinski definition) is 1. The molecule has 0 fully saturated rings. The second kappa shape index (κ2) is 14.1. The van der Waals surface area contributed by atoms with Crippen LogP contribution in [0.25, 0.3) is 0 Å². The van der Waals surface area contributed by atoms with Gasteiger partial charge in [-0.15, -0.1) is 0 Å². The first-order chi connectivity index (χ1) is 18.1. The maximum Gasteiger partial charge on any atom is 0.261 e. The van der Waals surface area contributed by atoms with Gasteiger partial charge in [-0.3, -0.25) is 9.59 Å². The van der Waals surface area contributed by atoms with Gasteiger partial charge in [0.05, 0.1) is 4.47 Å². The molecule has 5 nitrogen and oxygen atoms in total. The highest BCUT2D eigenvalue weighted by atomic mass is 79.9. The molecule has 0 heterocycles. The Kier molecular flexibility index (Phi) is 11.0. The predicted molar refractivity (Wildman–Crippen MR) is 157 cm³/mol. The van der Waals surface area contributed by atoms with E-state index in [2.05, 4.69) is 48.9 Å². The number of halogens is 1. The number of nitrogens with one attached hydrogen (secondary N) is 1. The second-order valence-corrected chi connectivity index (χ2v) is 11.3. The van der Waals surface area contributed by atoms with Gasteiger partial charge in [0.1, 0.15) is 11.8 Å². The van der Waals surface area contributed by atoms with Crippen LogP contribution >= 0.6 is 15.9 Å². The number of amides is 2. The zero-order valence-corrected chi connectivity index (χ0v) is 24.6. The summed E-state index contributed by atoms with van der Waals surface area (Å²) in [6.45, 7) is 11.1. The summed E-state index contributed by atoms with van der Waals surface area (Å²) in [7, 11) is 0. The van der Waals surface area contributed by atoms with Gasteiger partial charge in [0.2, 0.25) is 5.91 Å². The normalized spacial score (nSPS) is 11.9. The van der Waals surface area contributed by atoms with E-state index in [1.54, 1.807) is 4.90 Å². The van der Waals surface area contributed by atoms with E-state index in [0.29, 0.717) is 37.1 Å². The van der Waals surface area contributed by atoms with Crippen molar-refractivity contribution in [1.82, 2.24) is 10.2 Å². The molecule has 0 aliphatic rings. The fourth-order valence-corrected chi connectivity index (χ4v) is 4.71. The zero-order chi connectivity index (χ0) is 27.7. The topological polar surface area (TPSA) is 58.6 Å². The molecule has 0 aromatic heterocycles. The summed E-state index contributed by atoms with van der Waals surface area (Å²) < 4.78 is 6.79. The lowest BCUT2D eigenvalue weighted by atomic mass is 10.0. The zero-order valence-electron chi connectivity index (χ0n) is 23.0. The molecular weight excluding hydrogens is 540 g/mol. The third-order valence-corrected chi connectivity index (χ3v) is 6.98. The molecular formula is C32H39BrN2O3. The summed E-state index contributed by atoms with van der Waals surface area (Å²) in [5.74, 6) is 0.877. The Hall–Kier alpha value is -3.12. The van der Waals surface area contributed by atoms with Gasteiger partial charge in [-0.2, -0.15) is 0 Å². The third-order valence-electron chi connectivity index (χ3n) is 6.36. The van der Waals surface area contributed by atoms with Crippen LogP contribution in [0.1, 0.15) is 55.9 Å². The van der Waals surface area contributed by atoms with Crippen LogP contribution in [0.15, 0.2) is 77.3 Å². The average Bonchev–Trinajstić information content (AvgIpc) is 2.89. The molecule has 0 bridgehead atoms. The summed E-state index contributed by atoms with van der Waals surface area (Å²) in [4.78, 5) is 29.0. The Morgan fingerprint density at radius 1 is 0.921 bits per heavy atom. The van der Waals surface area contributed by atoms with Crippen LogP contribution in [0.4, 0.5) is 0 Å². The maximum absolute atomic E-state index is 13.8. The molecule has 0 radical (unpaired) electrons. The number of ether oxygens (including phenoxy) is 1. The highest BCUT2D eigenvalue weighted by Crippen LogP contribution is 2.29. The van der Waals surface area contributed by atoms with Gasteiger partial charge in [-0.05, 0) is 63.5 Å². The average molecular weight is 580 g/mol. The summed E-state index contributed by atoms with van der Waals surface area (Å²) >= 11 is 3.58. The molecule has 0 aliphatic heterocycles. The van der Waals surface area contributed by atoms with Crippen molar-refractivity contribution in [1.29, 1.82) is 0 Å². The number of benzene rings is 3. The van der Waals surface area contributed by atoms with E-state index >= 15 is 0 Å². The molecule has 3 aromatic rings. The van der Waals surface area contributed by atoms with Crippen LogP contribution < -0.4 is 10.1 Å². The van der Waals surface area contributed by atoms with Crippen molar-refractivity contribution in [2.45, 2.75) is 59.5 Å². The summed E-state index contributed by atoms with van der Waals surface area (Å²) in [6, 6.07) is 23.1. The lowest BCUT2D eigenvalue weighted by molar-refractivity contribution is -0.142. The van der Waals surface area contributed by atoms with Crippen molar-refractivity contribution in [2.75, 3.05) is 13.2 Å². The minimum absolute atomic E-state index is 0.161. The Morgan fingerprint density at radius 2 is 1.63 bits per heavy atom. The van der Waals surface area contributed by atoms with E-state index in [-0.39, 0.29) is 18.4 Å². The summed E-state index contributed by atoms with van der Waals surface area (Å²) in [5, 5.41) is 3.05. The van der Waals surface area contributed by atoms with Gasteiger partial charge in [-0.1, -0.05) is 93.9 Å². The lowest BCUT2D eigenvalue weighted by Crippen LogP contribution is -2.52. The van der Waals surface area contributed by atoms with E-state index in [0.717, 1.165) is 21.2 Å². The largest absolute Gasteiger partial charge is 0.483 e. The molecule has 38 heavy (non-hydrogen) atoms. The first-order valence-electron chi connectivity index (χ1n) is 13.2. The predicted octanol–water partition coefficient (Wildman–Crippen LogP) is 6.67. The Bertz CT molecular complexity index is 1210. The monoisotopic (exact) mass is 578 g/mol. The number of aryl methyl sites for hydroxylation is 1. The molecule has 2 amide bonds. The van der Waals surface area contributed by atoms with Gasteiger partial charge in [0, 0.05) is 19.5 Å². The SMILES string of the molecule is Cc1cccc(CN(C(=O)COc2ccc(C(C)C)cc2Br)[C@@H](Cc2ccccc2)C(=O)NCC(C)C)c1. The van der Waals surface area contributed by atoms with Crippen molar-refractivity contribution in [3.8, 4) is 5.75 Å². The summed E-state index contributed by atoms with van der Waals surface area (Å²) in [5.41, 5.74) is 4.24. The quantitative estimate of drug-likeness (QED) is 0.261. The van der Waals surface area contributed by atoms with E-state index in [1.807, 2.05) is 79.7 Å². The fraction of sp³-hybridized carbons (Fsp3) is 0.375. The highest BCUT2D eigenvalue weighted by Gasteiger charge is 2.31. The molecule has 0 unspecified atom stereocenters. The van der Waals surface area contributed by atoms with Crippen molar-refractivity contribution in [2.24, 2.45) is 5.92 Å². The minimum Gasteiger partial charge on any atom is -0.483 e. The molecule has 6 heteroatoms. The van der Waals surface area contributed by atoms with Gasteiger partial charge < -0.3 is 15.0 Å². The second-order valence-electron chi connectivity index (χ2n) is 10.5. The first-order valence-corrected chi connectivity index (χ1v) is 14.0. The smallest absolute Gasteiger partial charge is 0.261 e. The highest BCUT2D eigenvalue weighted by molar-refractivity contribution is 9.10. The molecule has 0 saturated heterocycles. The number of nitrogens with zero attached hydrogens (tertiary/aromatic N) is 1. The molecule has 0 spiro atoms. The molecule has 1 atom stereocenters.